The van der Waals surface area contributed by atoms with Crippen LogP contribution in [0, 0.1) is 6.92 Å². The lowest BCUT2D eigenvalue weighted by Crippen LogP contribution is -2.44. The molecule has 0 unspecified atom stereocenters. The molecule has 112 valence electrons. The lowest BCUT2D eigenvalue weighted by atomic mass is 10.1. The van der Waals surface area contributed by atoms with E-state index in [1.54, 1.807) is 0 Å². The van der Waals surface area contributed by atoms with Crippen molar-refractivity contribution in [1.29, 1.82) is 0 Å². The molecule has 2 aromatic rings. The number of carbonyl (C=O) groups excluding carboxylic acids is 1. The Labute approximate surface area is 125 Å². The van der Waals surface area contributed by atoms with E-state index in [9.17, 15) is 4.79 Å². The van der Waals surface area contributed by atoms with E-state index in [4.69, 9.17) is 0 Å². The SMILES string of the molecule is Cc1ccc2[nH]c3c(c2c1)CCN(C(=O)NC(C)C)CC3. The minimum Gasteiger partial charge on any atom is -0.358 e. The van der Waals surface area contributed by atoms with Gasteiger partial charge >= 0.3 is 6.03 Å². The molecule has 0 saturated carbocycles. The summed E-state index contributed by atoms with van der Waals surface area (Å²) in [6, 6.07) is 6.77. The maximum atomic E-state index is 12.2. The molecule has 0 spiro atoms. The minimum atomic E-state index is 0.0515. The van der Waals surface area contributed by atoms with Gasteiger partial charge in [-0.15, -0.1) is 0 Å². The molecule has 0 fully saturated rings. The molecule has 4 nitrogen and oxygen atoms in total. The van der Waals surface area contributed by atoms with Gasteiger partial charge in [-0.2, -0.15) is 0 Å². The van der Waals surface area contributed by atoms with Crippen molar-refractivity contribution < 1.29 is 4.79 Å². The zero-order valence-corrected chi connectivity index (χ0v) is 13.0. The van der Waals surface area contributed by atoms with Crippen molar-refractivity contribution in [2.45, 2.75) is 39.7 Å². The van der Waals surface area contributed by atoms with Gasteiger partial charge in [-0.05, 0) is 44.9 Å². The summed E-state index contributed by atoms with van der Waals surface area (Å²) in [4.78, 5) is 17.6. The number of aromatic nitrogens is 1. The van der Waals surface area contributed by atoms with E-state index < -0.39 is 0 Å². The van der Waals surface area contributed by atoms with E-state index in [0.717, 1.165) is 25.9 Å². The largest absolute Gasteiger partial charge is 0.358 e. The molecule has 2 heterocycles. The predicted molar refractivity (Wildman–Crippen MR) is 85.7 cm³/mol. The van der Waals surface area contributed by atoms with Crippen molar-refractivity contribution in [1.82, 2.24) is 15.2 Å². The van der Waals surface area contributed by atoms with Crippen LogP contribution in [0.3, 0.4) is 0 Å². The number of aromatic amines is 1. The number of hydrogen-bond acceptors (Lipinski definition) is 1. The van der Waals surface area contributed by atoms with E-state index in [1.807, 2.05) is 18.7 Å². The molecule has 0 atom stereocenters. The molecule has 1 aromatic carbocycles. The first-order chi connectivity index (χ1) is 10.0. The summed E-state index contributed by atoms with van der Waals surface area (Å²) in [5, 5.41) is 4.30. The van der Waals surface area contributed by atoms with Crippen LogP contribution in [-0.2, 0) is 12.8 Å². The molecular formula is C17H23N3O. The predicted octanol–water partition coefficient (Wildman–Crippen LogP) is 2.99. The summed E-state index contributed by atoms with van der Waals surface area (Å²) in [7, 11) is 0. The maximum Gasteiger partial charge on any atom is 0.317 e. The van der Waals surface area contributed by atoms with E-state index in [0.29, 0.717) is 0 Å². The topological polar surface area (TPSA) is 48.1 Å². The van der Waals surface area contributed by atoms with Gasteiger partial charge in [-0.25, -0.2) is 4.79 Å². The Bertz CT molecular complexity index is 672. The first-order valence-corrected chi connectivity index (χ1v) is 7.70. The van der Waals surface area contributed by atoms with Crippen LogP contribution in [0.1, 0.15) is 30.7 Å². The van der Waals surface area contributed by atoms with Crippen molar-refractivity contribution in [2.75, 3.05) is 13.1 Å². The van der Waals surface area contributed by atoms with Gasteiger partial charge in [-0.3, -0.25) is 0 Å². The van der Waals surface area contributed by atoms with Gasteiger partial charge in [0.05, 0.1) is 0 Å². The minimum absolute atomic E-state index is 0.0515. The molecule has 3 rings (SSSR count). The molecule has 0 bridgehead atoms. The third-order valence-corrected chi connectivity index (χ3v) is 4.11. The molecule has 1 aliphatic heterocycles. The fourth-order valence-corrected chi connectivity index (χ4v) is 3.06. The van der Waals surface area contributed by atoms with Gasteiger partial charge in [0.1, 0.15) is 0 Å². The molecule has 0 saturated heterocycles. The normalized spacial score (nSPS) is 15.1. The van der Waals surface area contributed by atoms with Crippen molar-refractivity contribution in [3.05, 3.63) is 35.0 Å². The fourth-order valence-electron chi connectivity index (χ4n) is 3.06. The Kier molecular flexibility index (Phi) is 3.62. The van der Waals surface area contributed by atoms with Crippen LogP contribution >= 0.6 is 0 Å². The third-order valence-electron chi connectivity index (χ3n) is 4.11. The molecule has 21 heavy (non-hydrogen) atoms. The van der Waals surface area contributed by atoms with Crippen LogP contribution in [0.25, 0.3) is 10.9 Å². The Morgan fingerprint density at radius 2 is 2.05 bits per heavy atom. The lowest BCUT2D eigenvalue weighted by molar-refractivity contribution is 0.197. The molecule has 1 aromatic heterocycles. The number of aryl methyl sites for hydroxylation is 1. The van der Waals surface area contributed by atoms with Crippen LogP contribution in [0.5, 0.6) is 0 Å². The van der Waals surface area contributed by atoms with Crippen LogP contribution in [0.2, 0.25) is 0 Å². The summed E-state index contributed by atoms with van der Waals surface area (Å²) in [5.41, 5.74) is 5.16. The zero-order valence-electron chi connectivity index (χ0n) is 13.0. The number of nitrogens with zero attached hydrogens (tertiary/aromatic N) is 1. The molecule has 0 aliphatic carbocycles. The van der Waals surface area contributed by atoms with Crippen molar-refractivity contribution in [2.24, 2.45) is 0 Å². The van der Waals surface area contributed by atoms with E-state index in [-0.39, 0.29) is 12.1 Å². The standard InChI is InChI=1S/C17H23N3O/c1-11(2)18-17(21)20-8-6-13-14-10-12(3)4-5-15(14)19-16(13)7-9-20/h4-5,10-11,19H,6-9H2,1-3H3,(H,18,21). The smallest absolute Gasteiger partial charge is 0.317 e. The highest BCUT2D eigenvalue weighted by atomic mass is 16.2. The zero-order chi connectivity index (χ0) is 15.0. The van der Waals surface area contributed by atoms with Gasteiger partial charge < -0.3 is 15.2 Å². The molecule has 1 aliphatic rings. The number of hydrogen-bond donors (Lipinski definition) is 2. The molecule has 2 N–H and O–H groups in total. The summed E-state index contributed by atoms with van der Waals surface area (Å²) in [6.07, 6.45) is 1.82. The van der Waals surface area contributed by atoms with Crippen molar-refractivity contribution in [3.8, 4) is 0 Å². The summed E-state index contributed by atoms with van der Waals surface area (Å²) in [5.74, 6) is 0. The Hall–Kier alpha value is -1.97. The number of fused-ring (bicyclic) bond motifs is 3. The maximum absolute atomic E-state index is 12.2. The Balaban J connectivity index is 1.83. The summed E-state index contributed by atoms with van der Waals surface area (Å²) >= 11 is 0. The van der Waals surface area contributed by atoms with Crippen molar-refractivity contribution in [3.63, 3.8) is 0 Å². The number of H-pyrrole nitrogens is 1. The number of carbonyl (C=O) groups is 1. The molecule has 0 radical (unpaired) electrons. The van der Waals surface area contributed by atoms with E-state index >= 15 is 0 Å². The number of urea groups is 1. The Morgan fingerprint density at radius 3 is 2.81 bits per heavy atom. The third kappa shape index (κ3) is 2.75. The van der Waals surface area contributed by atoms with Crippen LogP contribution in [0.4, 0.5) is 4.79 Å². The average Bonchev–Trinajstić information content (AvgIpc) is 2.62. The van der Waals surface area contributed by atoms with Gasteiger partial charge in [0.25, 0.3) is 0 Å². The van der Waals surface area contributed by atoms with E-state index in [2.05, 4.69) is 35.4 Å². The highest BCUT2D eigenvalue weighted by Gasteiger charge is 2.21. The number of amides is 2. The fraction of sp³-hybridized carbons (Fsp3) is 0.471. The number of nitrogens with one attached hydrogen (secondary N) is 2. The van der Waals surface area contributed by atoms with Crippen molar-refractivity contribution >= 4 is 16.9 Å². The van der Waals surface area contributed by atoms with Gasteiger partial charge in [0.15, 0.2) is 0 Å². The van der Waals surface area contributed by atoms with Gasteiger partial charge in [-0.1, -0.05) is 11.6 Å². The van der Waals surface area contributed by atoms with E-state index in [1.165, 1.54) is 27.7 Å². The highest BCUT2D eigenvalue weighted by Crippen LogP contribution is 2.26. The van der Waals surface area contributed by atoms with Crippen LogP contribution < -0.4 is 5.32 Å². The second kappa shape index (κ2) is 5.43. The molecular weight excluding hydrogens is 262 g/mol. The van der Waals surface area contributed by atoms with Crippen LogP contribution in [0.15, 0.2) is 18.2 Å². The number of rotatable bonds is 1. The number of benzene rings is 1. The Morgan fingerprint density at radius 1 is 1.29 bits per heavy atom. The second-order valence-corrected chi connectivity index (χ2v) is 6.22. The quantitative estimate of drug-likeness (QED) is 0.831. The van der Waals surface area contributed by atoms with Gasteiger partial charge in [0.2, 0.25) is 0 Å². The first-order valence-electron chi connectivity index (χ1n) is 7.70. The highest BCUT2D eigenvalue weighted by molar-refractivity contribution is 5.85. The molecule has 2 amide bonds. The monoisotopic (exact) mass is 285 g/mol. The summed E-state index contributed by atoms with van der Waals surface area (Å²) in [6.45, 7) is 7.67. The van der Waals surface area contributed by atoms with Crippen LogP contribution in [-0.4, -0.2) is 35.0 Å². The second-order valence-electron chi connectivity index (χ2n) is 6.22. The summed E-state index contributed by atoms with van der Waals surface area (Å²) < 4.78 is 0. The van der Waals surface area contributed by atoms with Gasteiger partial charge in [0, 0.05) is 42.1 Å². The first kappa shape index (κ1) is 14.0. The average molecular weight is 285 g/mol. The molecule has 4 heteroatoms. The lowest BCUT2D eigenvalue weighted by Gasteiger charge is -2.22.